The quantitative estimate of drug-likeness (QED) is 0.520. The highest BCUT2D eigenvalue weighted by Crippen LogP contribution is 2.35. The van der Waals surface area contributed by atoms with Gasteiger partial charge in [-0.15, -0.1) is 0 Å². The average Bonchev–Trinajstić information content (AvgIpc) is 2.47. The van der Waals surface area contributed by atoms with E-state index in [4.69, 9.17) is 5.73 Å². The van der Waals surface area contributed by atoms with E-state index >= 15 is 0 Å². The molecular weight excluding hydrogens is 282 g/mol. The zero-order valence-electron chi connectivity index (χ0n) is 13.0. The first-order valence-electron chi connectivity index (χ1n) is 7.05. The van der Waals surface area contributed by atoms with Crippen LogP contribution in [0, 0.1) is 10.1 Å². The number of benzene rings is 1. The Labute approximate surface area is 129 Å². The molecule has 0 aliphatic carbocycles. The van der Waals surface area contributed by atoms with Gasteiger partial charge in [0.25, 0.3) is 0 Å². The number of nitro groups is 1. The maximum absolute atomic E-state index is 11.5. The second-order valence-electron chi connectivity index (χ2n) is 5.70. The van der Waals surface area contributed by atoms with E-state index in [1.165, 1.54) is 0 Å². The molecule has 0 aliphatic heterocycles. The van der Waals surface area contributed by atoms with E-state index in [0.29, 0.717) is 21.3 Å². The van der Waals surface area contributed by atoms with Crippen LogP contribution in [0.5, 0.6) is 0 Å². The van der Waals surface area contributed by atoms with E-state index < -0.39 is 0 Å². The van der Waals surface area contributed by atoms with Crippen molar-refractivity contribution in [3.63, 3.8) is 0 Å². The zero-order valence-corrected chi connectivity index (χ0v) is 13.0. The van der Waals surface area contributed by atoms with Gasteiger partial charge in [-0.05, 0) is 18.1 Å². The summed E-state index contributed by atoms with van der Waals surface area (Å²) in [5, 5.41) is 11.5. The molecule has 0 aliphatic rings. The summed E-state index contributed by atoms with van der Waals surface area (Å²) in [6.45, 7) is 2.89. The number of nitrogens with two attached hydrogens (primary N) is 1. The largest absolute Gasteiger partial charge is 0.368 e. The fourth-order valence-electron chi connectivity index (χ4n) is 2.53. The number of hydrogen-bond acceptors (Lipinski definition) is 5. The van der Waals surface area contributed by atoms with Crippen molar-refractivity contribution < 1.29 is 4.92 Å². The predicted molar refractivity (Wildman–Crippen MR) is 87.3 cm³/mol. The molecule has 0 atom stereocenters. The van der Waals surface area contributed by atoms with Crippen LogP contribution >= 0.6 is 0 Å². The van der Waals surface area contributed by atoms with Gasteiger partial charge in [0.15, 0.2) is 0 Å². The van der Waals surface area contributed by atoms with Crippen molar-refractivity contribution in [2.24, 2.45) is 0 Å². The molecule has 0 radical (unpaired) electrons. The molecule has 2 aromatic rings. The lowest BCUT2D eigenvalue weighted by molar-refractivity contribution is -0.384. The number of nitro benzene ring substituents is 1. The van der Waals surface area contributed by atoms with Crippen LogP contribution in [0.2, 0.25) is 0 Å². The van der Waals surface area contributed by atoms with E-state index in [-0.39, 0.29) is 16.6 Å². The molecule has 1 heterocycles. The smallest absolute Gasteiger partial charge is 0.329 e. The predicted octanol–water partition coefficient (Wildman–Crippen LogP) is 2.61. The van der Waals surface area contributed by atoms with Gasteiger partial charge in [0, 0.05) is 30.1 Å². The van der Waals surface area contributed by atoms with Gasteiger partial charge in [0.05, 0.1) is 25.6 Å². The van der Waals surface area contributed by atoms with E-state index in [9.17, 15) is 10.1 Å². The molecule has 7 heteroatoms. The maximum atomic E-state index is 11.5. The Morgan fingerprint density at radius 2 is 1.86 bits per heavy atom. The number of nitrogens with zero attached hydrogens (tertiary/aromatic N) is 4. The van der Waals surface area contributed by atoms with E-state index in [1.54, 1.807) is 24.5 Å². The average molecular weight is 302 g/mol. The van der Waals surface area contributed by atoms with Crippen LogP contribution in [0.4, 0.5) is 17.3 Å². The standard InChI is InChI=1S/C15H20N5O2/c1-4-7-20(2,3)14-6-5-11(8-13(14)19(21)22)12-9-17-15(16)18-10-12/h5-6,8-10H,4,7H2,1-3H3,(H2,16,17,18)/q+1. The fraction of sp³-hybridized carbons (Fsp3) is 0.333. The molecule has 22 heavy (non-hydrogen) atoms. The third-order valence-corrected chi connectivity index (χ3v) is 3.61. The molecular formula is C15H20N5O2+. The van der Waals surface area contributed by atoms with E-state index in [2.05, 4.69) is 16.9 Å². The third-order valence-electron chi connectivity index (χ3n) is 3.61. The van der Waals surface area contributed by atoms with Crippen LogP contribution < -0.4 is 10.2 Å². The minimum atomic E-state index is -0.341. The van der Waals surface area contributed by atoms with Crippen LogP contribution in [-0.2, 0) is 0 Å². The third kappa shape index (κ3) is 3.20. The molecule has 0 amide bonds. The first-order chi connectivity index (χ1) is 10.3. The van der Waals surface area contributed by atoms with Gasteiger partial charge in [-0.2, -0.15) is 0 Å². The lowest BCUT2D eigenvalue weighted by Gasteiger charge is -2.28. The number of nitrogen functional groups attached to an aromatic ring is 1. The normalized spacial score (nSPS) is 11.4. The summed E-state index contributed by atoms with van der Waals surface area (Å²) in [4.78, 5) is 19.0. The highest BCUT2D eigenvalue weighted by atomic mass is 16.6. The Morgan fingerprint density at radius 1 is 1.23 bits per heavy atom. The summed E-state index contributed by atoms with van der Waals surface area (Å²) in [6.07, 6.45) is 4.07. The summed E-state index contributed by atoms with van der Waals surface area (Å²) in [5.41, 5.74) is 7.66. The summed E-state index contributed by atoms with van der Waals surface area (Å²) in [6, 6.07) is 5.23. The Morgan fingerprint density at radius 3 is 2.41 bits per heavy atom. The molecule has 0 saturated heterocycles. The van der Waals surface area contributed by atoms with Crippen molar-refractivity contribution in [2.75, 3.05) is 26.4 Å². The Balaban J connectivity index is 2.52. The van der Waals surface area contributed by atoms with Crippen LogP contribution in [-0.4, -0.2) is 35.5 Å². The number of hydrogen-bond donors (Lipinski definition) is 1. The second kappa shape index (κ2) is 6.07. The minimum absolute atomic E-state index is 0.104. The monoisotopic (exact) mass is 302 g/mol. The van der Waals surface area contributed by atoms with Gasteiger partial charge in [-0.1, -0.05) is 6.92 Å². The second-order valence-corrected chi connectivity index (χ2v) is 5.70. The summed E-state index contributed by atoms with van der Waals surface area (Å²) in [7, 11) is 3.94. The van der Waals surface area contributed by atoms with Crippen molar-refractivity contribution in [3.8, 4) is 11.1 Å². The molecule has 2 N–H and O–H groups in total. The molecule has 1 aromatic heterocycles. The SMILES string of the molecule is CCC[N+](C)(C)c1ccc(-c2cnc(N)nc2)cc1[N+](=O)[O-]. The van der Waals surface area contributed by atoms with Crippen LogP contribution in [0.1, 0.15) is 13.3 Å². The summed E-state index contributed by atoms with van der Waals surface area (Å²) >= 11 is 0. The van der Waals surface area contributed by atoms with Gasteiger partial charge >= 0.3 is 5.69 Å². The van der Waals surface area contributed by atoms with Crippen LogP contribution in [0.15, 0.2) is 30.6 Å². The topological polar surface area (TPSA) is 94.9 Å². The van der Waals surface area contributed by atoms with Gasteiger partial charge in [-0.3, -0.25) is 14.6 Å². The number of aromatic nitrogens is 2. The van der Waals surface area contributed by atoms with Crippen molar-refractivity contribution >= 4 is 17.3 Å². The van der Waals surface area contributed by atoms with Gasteiger partial charge in [-0.25, -0.2) is 9.97 Å². The molecule has 0 unspecified atom stereocenters. The Bertz CT molecular complexity index is 683. The summed E-state index contributed by atoms with van der Waals surface area (Å²) < 4.78 is 0.464. The van der Waals surface area contributed by atoms with Crippen molar-refractivity contribution in [3.05, 3.63) is 40.7 Å². The number of anilines is 1. The van der Waals surface area contributed by atoms with Crippen LogP contribution in [0.25, 0.3) is 11.1 Å². The molecule has 0 saturated carbocycles. The molecule has 2 rings (SSSR count). The van der Waals surface area contributed by atoms with Gasteiger partial charge < -0.3 is 5.73 Å². The molecule has 0 spiro atoms. The molecule has 0 bridgehead atoms. The zero-order chi connectivity index (χ0) is 16.3. The lowest BCUT2D eigenvalue weighted by atomic mass is 10.1. The fourth-order valence-corrected chi connectivity index (χ4v) is 2.53. The van der Waals surface area contributed by atoms with Gasteiger partial charge in [0.2, 0.25) is 11.6 Å². The van der Waals surface area contributed by atoms with Crippen molar-refractivity contribution in [1.29, 1.82) is 0 Å². The highest BCUT2D eigenvalue weighted by Gasteiger charge is 2.29. The molecule has 7 nitrogen and oxygen atoms in total. The van der Waals surface area contributed by atoms with Crippen LogP contribution in [0.3, 0.4) is 0 Å². The van der Waals surface area contributed by atoms with E-state index in [0.717, 1.165) is 13.0 Å². The first-order valence-corrected chi connectivity index (χ1v) is 7.05. The van der Waals surface area contributed by atoms with Crippen molar-refractivity contribution in [2.45, 2.75) is 13.3 Å². The lowest BCUT2D eigenvalue weighted by Crippen LogP contribution is -2.41. The van der Waals surface area contributed by atoms with Gasteiger partial charge in [0.1, 0.15) is 0 Å². The summed E-state index contributed by atoms with van der Waals surface area (Å²) in [5.74, 6) is 0.176. The minimum Gasteiger partial charge on any atom is -0.368 e. The first kappa shape index (κ1) is 15.8. The van der Waals surface area contributed by atoms with Crippen molar-refractivity contribution in [1.82, 2.24) is 14.5 Å². The number of quaternary nitrogens is 1. The molecule has 0 fully saturated rings. The highest BCUT2D eigenvalue weighted by molar-refractivity contribution is 5.72. The van der Waals surface area contributed by atoms with E-state index in [1.807, 2.05) is 20.2 Å². The molecule has 116 valence electrons. The number of rotatable bonds is 5. The Kier molecular flexibility index (Phi) is 4.37. The Hall–Kier alpha value is -2.54. The molecule has 1 aromatic carbocycles. The maximum Gasteiger partial charge on any atom is 0.329 e.